The van der Waals surface area contributed by atoms with E-state index in [1.165, 1.54) is 17.3 Å². The molecule has 1 aliphatic rings. The number of fused-ring (bicyclic) bond motifs is 1. The fourth-order valence-corrected chi connectivity index (χ4v) is 4.09. The molecular weight excluding hydrogens is 323 g/mol. The average Bonchev–Trinajstić information content (AvgIpc) is 2.59. The largest absolute Gasteiger partial charge is 0.366 e. The number of halogens is 1. The van der Waals surface area contributed by atoms with Gasteiger partial charge in [-0.25, -0.2) is 4.39 Å². The zero-order chi connectivity index (χ0) is 18.9. The lowest BCUT2D eigenvalue weighted by Crippen LogP contribution is -2.48. The maximum Gasteiger partial charge on any atom is 0.126 e. The molecular formula is C23H29FN2. The predicted octanol–water partition coefficient (Wildman–Crippen LogP) is 6.39. The van der Waals surface area contributed by atoms with Crippen LogP contribution in [-0.4, -0.2) is 18.3 Å². The summed E-state index contributed by atoms with van der Waals surface area (Å²) >= 11 is 0. The quantitative estimate of drug-likeness (QED) is 0.582. The molecule has 0 bridgehead atoms. The molecule has 26 heavy (non-hydrogen) atoms. The summed E-state index contributed by atoms with van der Waals surface area (Å²) in [7, 11) is 0. The molecule has 1 heterocycles. The number of anilines is 1. The number of rotatable bonds is 4. The van der Waals surface area contributed by atoms with Crippen molar-refractivity contribution in [3.8, 4) is 0 Å². The van der Waals surface area contributed by atoms with Crippen molar-refractivity contribution in [3.63, 3.8) is 0 Å². The molecule has 0 aliphatic carbocycles. The van der Waals surface area contributed by atoms with Crippen LogP contribution in [0.25, 0.3) is 0 Å². The van der Waals surface area contributed by atoms with Gasteiger partial charge in [0.25, 0.3) is 0 Å². The molecule has 2 aromatic rings. The second kappa shape index (κ2) is 7.22. The SMILES string of the molecule is CCCN1c2ccc(C=Nc3ccc(F)c(C)c3)cc2C(C)CC1(C)C. The molecule has 3 heteroatoms. The molecule has 0 aromatic heterocycles. The van der Waals surface area contributed by atoms with Gasteiger partial charge in [0.15, 0.2) is 0 Å². The molecule has 1 atom stereocenters. The summed E-state index contributed by atoms with van der Waals surface area (Å²) < 4.78 is 13.4. The second-order valence-electron chi connectivity index (χ2n) is 8.08. The van der Waals surface area contributed by atoms with Crippen LogP contribution in [-0.2, 0) is 0 Å². The zero-order valence-corrected chi connectivity index (χ0v) is 16.5. The molecule has 138 valence electrons. The van der Waals surface area contributed by atoms with Crippen molar-refractivity contribution >= 4 is 17.6 Å². The number of hydrogen-bond acceptors (Lipinski definition) is 2. The Hall–Kier alpha value is -2.16. The summed E-state index contributed by atoms with van der Waals surface area (Å²) in [5.74, 6) is 0.333. The Bertz CT molecular complexity index is 823. The van der Waals surface area contributed by atoms with Gasteiger partial charge in [0.05, 0.1) is 5.69 Å². The topological polar surface area (TPSA) is 15.6 Å². The van der Waals surface area contributed by atoms with Gasteiger partial charge in [0.2, 0.25) is 0 Å². The van der Waals surface area contributed by atoms with Gasteiger partial charge in [-0.1, -0.05) is 19.9 Å². The van der Waals surface area contributed by atoms with Gasteiger partial charge in [-0.15, -0.1) is 0 Å². The molecule has 1 unspecified atom stereocenters. The highest BCUT2D eigenvalue weighted by atomic mass is 19.1. The van der Waals surface area contributed by atoms with Crippen molar-refractivity contribution in [2.45, 2.75) is 58.9 Å². The van der Waals surface area contributed by atoms with Crippen LogP contribution in [0.5, 0.6) is 0 Å². The van der Waals surface area contributed by atoms with Gasteiger partial charge in [0.1, 0.15) is 5.82 Å². The van der Waals surface area contributed by atoms with Gasteiger partial charge in [-0.3, -0.25) is 4.99 Å². The minimum atomic E-state index is -0.190. The summed E-state index contributed by atoms with van der Waals surface area (Å²) in [6.45, 7) is 12.1. The monoisotopic (exact) mass is 352 g/mol. The minimum absolute atomic E-state index is 0.184. The smallest absolute Gasteiger partial charge is 0.126 e. The van der Waals surface area contributed by atoms with Gasteiger partial charge < -0.3 is 4.90 Å². The molecule has 0 N–H and O–H groups in total. The lowest BCUT2D eigenvalue weighted by molar-refractivity contribution is 0.376. The first kappa shape index (κ1) is 18.6. The molecule has 0 amide bonds. The summed E-state index contributed by atoms with van der Waals surface area (Å²) in [6, 6.07) is 11.6. The van der Waals surface area contributed by atoms with Crippen LogP contribution in [0, 0.1) is 12.7 Å². The van der Waals surface area contributed by atoms with Gasteiger partial charge >= 0.3 is 0 Å². The van der Waals surface area contributed by atoms with Crippen LogP contribution in [0.15, 0.2) is 41.4 Å². The van der Waals surface area contributed by atoms with Crippen molar-refractivity contribution in [2.75, 3.05) is 11.4 Å². The molecule has 0 saturated heterocycles. The lowest BCUT2D eigenvalue weighted by atomic mass is 9.79. The van der Waals surface area contributed by atoms with E-state index >= 15 is 0 Å². The highest BCUT2D eigenvalue weighted by Gasteiger charge is 2.35. The molecule has 2 nitrogen and oxygen atoms in total. The lowest BCUT2D eigenvalue weighted by Gasteiger charge is -2.47. The minimum Gasteiger partial charge on any atom is -0.366 e. The van der Waals surface area contributed by atoms with E-state index in [1.807, 2.05) is 6.21 Å². The maximum atomic E-state index is 13.4. The van der Waals surface area contributed by atoms with Gasteiger partial charge in [-0.05, 0) is 86.6 Å². The van der Waals surface area contributed by atoms with Crippen molar-refractivity contribution in [1.29, 1.82) is 0 Å². The summed E-state index contributed by atoms with van der Waals surface area (Å²) in [4.78, 5) is 7.08. The zero-order valence-electron chi connectivity index (χ0n) is 16.5. The first-order valence-electron chi connectivity index (χ1n) is 9.53. The first-order chi connectivity index (χ1) is 12.3. The number of aryl methyl sites for hydroxylation is 1. The Labute approximate surface area is 156 Å². The third-order valence-electron chi connectivity index (χ3n) is 5.36. The predicted molar refractivity (Wildman–Crippen MR) is 110 cm³/mol. The standard InChI is InChI=1S/C23H29FN2/c1-6-11-26-22-10-7-18(13-20(22)17(3)14-23(26,4)5)15-25-19-8-9-21(24)16(2)12-19/h7-10,12-13,15,17H,6,11,14H2,1-5H3. The summed E-state index contributed by atoms with van der Waals surface area (Å²) in [6.07, 6.45) is 4.17. The molecule has 0 fully saturated rings. The maximum absolute atomic E-state index is 13.4. The third kappa shape index (κ3) is 3.67. The molecule has 0 saturated carbocycles. The van der Waals surface area contributed by atoms with E-state index in [4.69, 9.17) is 0 Å². The molecule has 0 spiro atoms. The Morgan fingerprint density at radius 3 is 2.69 bits per heavy atom. The van der Waals surface area contributed by atoms with E-state index < -0.39 is 0 Å². The van der Waals surface area contributed by atoms with Crippen LogP contribution in [0.2, 0.25) is 0 Å². The average molecular weight is 352 g/mol. The Kier molecular flexibility index (Phi) is 5.17. The van der Waals surface area contributed by atoms with E-state index in [9.17, 15) is 4.39 Å². The van der Waals surface area contributed by atoms with E-state index in [1.54, 1.807) is 19.1 Å². The highest BCUT2D eigenvalue weighted by molar-refractivity contribution is 5.83. The Morgan fingerprint density at radius 1 is 1.23 bits per heavy atom. The number of aliphatic imine (C=N–C) groups is 1. The van der Waals surface area contributed by atoms with Crippen LogP contribution in [0.1, 0.15) is 63.1 Å². The normalized spacial score (nSPS) is 19.0. The molecule has 3 rings (SSSR count). The fraction of sp³-hybridized carbons (Fsp3) is 0.435. The second-order valence-corrected chi connectivity index (χ2v) is 8.08. The third-order valence-corrected chi connectivity index (χ3v) is 5.36. The highest BCUT2D eigenvalue weighted by Crippen LogP contribution is 2.43. The molecule has 2 aromatic carbocycles. The number of benzene rings is 2. The fourth-order valence-electron chi connectivity index (χ4n) is 4.09. The van der Waals surface area contributed by atoms with Gasteiger partial charge in [-0.2, -0.15) is 0 Å². The van der Waals surface area contributed by atoms with Crippen molar-refractivity contribution in [1.82, 2.24) is 0 Å². The van der Waals surface area contributed by atoms with E-state index in [0.717, 1.165) is 30.6 Å². The summed E-state index contributed by atoms with van der Waals surface area (Å²) in [5.41, 5.74) is 5.43. The number of hydrogen-bond donors (Lipinski definition) is 0. The van der Waals surface area contributed by atoms with Crippen LogP contribution in [0.3, 0.4) is 0 Å². The van der Waals surface area contributed by atoms with Crippen LogP contribution < -0.4 is 4.90 Å². The van der Waals surface area contributed by atoms with Gasteiger partial charge in [0, 0.05) is 24.0 Å². The van der Waals surface area contributed by atoms with E-state index in [0.29, 0.717) is 11.5 Å². The Morgan fingerprint density at radius 2 is 2.00 bits per heavy atom. The van der Waals surface area contributed by atoms with E-state index in [-0.39, 0.29) is 11.4 Å². The molecule has 1 aliphatic heterocycles. The Balaban J connectivity index is 1.91. The van der Waals surface area contributed by atoms with Crippen LogP contribution >= 0.6 is 0 Å². The molecule has 0 radical (unpaired) electrons. The van der Waals surface area contributed by atoms with E-state index in [2.05, 4.69) is 55.8 Å². The summed E-state index contributed by atoms with van der Waals surface area (Å²) in [5, 5.41) is 0. The van der Waals surface area contributed by atoms with Crippen molar-refractivity contribution < 1.29 is 4.39 Å². The first-order valence-corrected chi connectivity index (χ1v) is 9.53. The van der Waals surface area contributed by atoms with Crippen LogP contribution in [0.4, 0.5) is 15.8 Å². The van der Waals surface area contributed by atoms with Crippen molar-refractivity contribution in [2.24, 2.45) is 4.99 Å². The number of nitrogens with zero attached hydrogens (tertiary/aromatic N) is 2. The van der Waals surface area contributed by atoms with Crippen molar-refractivity contribution in [3.05, 3.63) is 58.9 Å².